The number of hydrogen-bond acceptors (Lipinski definition) is 5. The lowest BCUT2D eigenvalue weighted by Crippen LogP contribution is -2.03. The molecule has 0 spiro atoms. The number of aromatic nitrogens is 4. The quantitative estimate of drug-likeness (QED) is 0.753. The summed E-state index contributed by atoms with van der Waals surface area (Å²) >= 11 is 0. The minimum Gasteiger partial charge on any atom is -0.219 e. The fourth-order valence-corrected chi connectivity index (χ4v) is 2.00. The van der Waals surface area contributed by atoms with Crippen molar-refractivity contribution in [2.24, 2.45) is 0 Å². The van der Waals surface area contributed by atoms with Crippen molar-refractivity contribution in [1.29, 1.82) is 0 Å². The van der Waals surface area contributed by atoms with Gasteiger partial charge in [-0.15, -0.1) is 0 Å². The third-order valence-corrected chi connectivity index (χ3v) is 3.14. The summed E-state index contributed by atoms with van der Waals surface area (Å²) in [5.41, 5.74) is 0.752. The topological polar surface area (TPSA) is 77.2 Å². The second kappa shape index (κ2) is 3.99. The summed E-state index contributed by atoms with van der Waals surface area (Å²) in [6.45, 7) is 1.76. The molecule has 0 aliphatic heterocycles. The SMILES string of the molecule is Cc1nc2ncc(CCS(=O)(=O)Cl)cn2n1. The van der Waals surface area contributed by atoms with E-state index in [-0.39, 0.29) is 5.75 Å². The Morgan fingerprint density at radius 1 is 1.50 bits per heavy atom. The van der Waals surface area contributed by atoms with Gasteiger partial charge in [-0.05, 0) is 18.9 Å². The normalized spacial score (nSPS) is 12.1. The van der Waals surface area contributed by atoms with Crippen molar-refractivity contribution in [3.63, 3.8) is 0 Å². The van der Waals surface area contributed by atoms with E-state index in [0.717, 1.165) is 5.56 Å². The van der Waals surface area contributed by atoms with Crippen molar-refractivity contribution in [1.82, 2.24) is 19.6 Å². The molecule has 16 heavy (non-hydrogen) atoms. The molecule has 2 rings (SSSR count). The average molecular weight is 261 g/mol. The highest BCUT2D eigenvalue weighted by Gasteiger charge is 2.07. The van der Waals surface area contributed by atoms with E-state index >= 15 is 0 Å². The Kier molecular flexibility index (Phi) is 2.81. The average Bonchev–Trinajstić information content (AvgIpc) is 2.52. The minimum atomic E-state index is -3.47. The van der Waals surface area contributed by atoms with Crippen molar-refractivity contribution in [3.05, 3.63) is 23.8 Å². The van der Waals surface area contributed by atoms with Crippen LogP contribution in [0, 0.1) is 6.92 Å². The molecular formula is C8H9ClN4O2S. The van der Waals surface area contributed by atoms with E-state index in [2.05, 4.69) is 15.1 Å². The first-order valence-corrected chi connectivity index (χ1v) is 7.02. The third-order valence-electron chi connectivity index (χ3n) is 1.99. The summed E-state index contributed by atoms with van der Waals surface area (Å²) in [6, 6.07) is 0. The summed E-state index contributed by atoms with van der Waals surface area (Å²) < 4.78 is 23.1. The summed E-state index contributed by atoms with van der Waals surface area (Å²) in [7, 11) is 1.65. The molecule has 2 heterocycles. The molecule has 8 heteroatoms. The van der Waals surface area contributed by atoms with Gasteiger partial charge in [0.15, 0.2) is 0 Å². The van der Waals surface area contributed by atoms with Crippen molar-refractivity contribution in [3.8, 4) is 0 Å². The molecule has 0 amide bonds. The van der Waals surface area contributed by atoms with Gasteiger partial charge in [0.1, 0.15) is 5.82 Å². The van der Waals surface area contributed by atoms with Gasteiger partial charge in [0.05, 0.1) is 5.75 Å². The van der Waals surface area contributed by atoms with Crippen LogP contribution in [-0.2, 0) is 15.5 Å². The Hall–Kier alpha value is -1.21. The third kappa shape index (κ3) is 2.67. The van der Waals surface area contributed by atoms with Crippen LogP contribution < -0.4 is 0 Å². The lowest BCUT2D eigenvalue weighted by molar-refractivity contribution is 0.608. The predicted octanol–water partition coefficient (Wildman–Crippen LogP) is 0.544. The van der Waals surface area contributed by atoms with Gasteiger partial charge in [-0.3, -0.25) is 0 Å². The minimum absolute atomic E-state index is 0.116. The van der Waals surface area contributed by atoms with E-state index in [1.54, 1.807) is 19.3 Å². The van der Waals surface area contributed by atoms with Crippen LogP contribution in [0.5, 0.6) is 0 Å². The van der Waals surface area contributed by atoms with E-state index in [1.165, 1.54) is 4.52 Å². The summed E-state index contributed by atoms with van der Waals surface area (Å²) in [4.78, 5) is 8.11. The summed E-state index contributed by atoms with van der Waals surface area (Å²) in [5, 5.41) is 4.08. The number of fused-ring (bicyclic) bond motifs is 1. The van der Waals surface area contributed by atoms with Crippen LogP contribution in [0.3, 0.4) is 0 Å². The number of aryl methyl sites for hydroxylation is 2. The lowest BCUT2D eigenvalue weighted by Gasteiger charge is -1.98. The van der Waals surface area contributed by atoms with Crippen molar-refractivity contribution >= 4 is 25.5 Å². The molecule has 6 nitrogen and oxygen atoms in total. The molecule has 0 atom stereocenters. The zero-order valence-corrected chi connectivity index (χ0v) is 10.0. The lowest BCUT2D eigenvalue weighted by atomic mass is 10.3. The maximum atomic E-state index is 10.8. The zero-order valence-electron chi connectivity index (χ0n) is 8.46. The molecule has 0 aromatic carbocycles. The van der Waals surface area contributed by atoms with E-state index in [4.69, 9.17) is 10.7 Å². The fraction of sp³-hybridized carbons (Fsp3) is 0.375. The van der Waals surface area contributed by atoms with Crippen LogP contribution in [0.1, 0.15) is 11.4 Å². The fourth-order valence-electron chi connectivity index (χ4n) is 1.29. The van der Waals surface area contributed by atoms with E-state index < -0.39 is 9.05 Å². The predicted molar refractivity (Wildman–Crippen MR) is 58.9 cm³/mol. The van der Waals surface area contributed by atoms with Gasteiger partial charge in [0.25, 0.3) is 5.78 Å². The Morgan fingerprint density at radius 2 is 2.25 bits per heavy atom. The Morgan fingerprint density at radius 3 is 2.94 bits per heavy atom. The maximum Gasteiger partial charge on any atom is 0.252 e. The van der Waals surface area contributed by atoms with Gasteiger partial charge < -0.3 is 0 Å². The Labute approximate surface area is 96.7 Å². The maximum absolute atomic E-state index is 10.8. The number of halogens is 1. The molecule has 86 valence electrons. The second-order valence-corrected chi connectivity index (χ2v) is 6.26. The van der Waals surface area contributed by atoms with Crippen LogP contribution in [-0.4, -0.2) is 33.8 Å². The first kappa shape index (κ1) is 11.3. The van der Waals surface area contributed by atoms with E-state index in [1.807, 2.05) is 0 Å². The zero-order chi connectivity index (χ0) is 11.8. The van der Waals surface area contributed by atoms with Crippen molar-refractivity contribution < 1.29 is 8.42 Å². The molecule has 0 saturated carbocycles. The molecule has 0 saturated heterocycles. The van der Waals surface area contributed by atoms with Gasteiger partial charge in [-0.1, -0.05) is 0 Å². The first-order chi connectivity index (χ1) is 7.44. The van der Waals surface area contributed by atoms with Crippen LogP contribution in [0.15, 0.2) is 12.4 Å². The van der Waals surface area contributed by atoms with Crippen LogP contribution in [0.4, 0.5) is 0 Å². The highest BCUT2D eigenvalue weighted by molar-refractivity contribution is 8.13. The molecule has 0 N–H and O–H groups in total. The highest BCUT2D eigenvalue weighted by Crippen LogP contribution is 2.05. The molecule has 0 fully saturated rings. The summed E-state index contributed by atoms with van der Waals surface area (Å²) in [6.07, 6.45) is 3.59. The standard InChI is InChI=1S/C8H9ClN4O2S/c1-6-11-8-10-4-7(5-13(8)12-6)2-3-16(9,14)15/h4-5H,2-3H2,1H3. The van der Waals surface area contributed by atoms with E-state index in [9.17, 15) is 8.42 Å². The molecule has 0 aliphatic rings. The van der Waals surface area contributed by atoms with Gasteiger partial charge in [-0.2, -0.15) is 10.1 Å². The van der Waals surface area contributed by atoms with Crippen LogP contribution in [0.2, 0.25) is 0 Å². The van der Waals surface area contributed by atoms with Gasteiger partial charge in [-0.25, -0.2) is 17.9 Å². The van der Waals surface area contributed by atoms with Crippen molar-refractivity contribution in [2.45, 2.75) is 13.3 Å². The van der Waals surface area contributed by atoms with Crippen molar-refractivity contribution in [2.75, 3.05) is 5.75 Å². The summed E-state index contributed by atoms with van der Waals surface area (Å²) in [5.74, 6) is 1.000. The van der Waals surface area contributed by atoms with E-state index in [0.29, 0.717) is 18.0 Å². The largest absolute Gasteiger partial charge is 0.252 e. The Bertz CT molecular complexity index is 622. The molecule has 0 unspecified atom stereocenters. The number of hydrogen-bond donors (Lipinski definition) is 0. The smallest absolute Gasteiger partial charge is 0.219 e. The molecular weight excluding hydrogens is 252 g/mol. The second-order valence-electron chi connectivity index (χ2n) is 3.36. The molecule has 0 bridgehead atoms. The van der Waals surface area contributed by atoms with Gasteiger partial charge >= 0.3 is 0 Å². The number of rotatable bonds is 3. The molecule has 0 aliphatic carbocycles. The highest BCUT2D eigenvalue weighted by atomic mass is 35.7. The first-order valence-electron chi connectivity index (χ1n) is 4.54. The van der Waals surface area contributed by atoms with Crippen LogP contribution >= 0.6 is 10.7 Å². The Balaban J connectivity index is 2.25. The van der Waals surface area contributed by atoms with Gasteiger partial charge in [0, 0.05) is 23.1 Å². The monoisotopic (exact) mass is 260 g/mol. The van der Waals surface area contributed by atoms with Gasteiger partial charge in [0.2, 0.25) is 9.05 Å². The molecule has 2 aromatic rings. The molecule has 0 radical (unpaired) electrons. The molecule has 2 aromatic heterocycles. The van der Waals surface area contributed by atoms with Crippen LogP contribution in [0.25, 0.3) is 5.78 Å². The number of nitrogens with zero attached hydrogens (tertiary/aromatic N) is 4.